The Bertz CT molecular complexity index is 892. The molecule has 25 heavy (non-hydrogen) atoms. The minimum atomic E-state index is -0.429. The van der Waals surface area contributed by atoms with Crippen LogP contribution in [0.4, 0.5) is 5.69 Å². The molecule has 2 amide bonds. The molecule has 2 aromatic carbocycles. The normalized spacial score (nSPS) is 15.7. The van der Waals surface area contributed by atoms with Crippen molar-refractivity contribution in [3.63, 3.8) is 0 Å². The van der Waals surface area contributed by atoms with Crippen LogP contribution in [0.25, 0.3) is 6.08 Å². The number of hydrazine groups is 1. The number of methoxy groups -OCH3 is 1. The molecule has 5 nitrogen and oxygen atoms in total. The Morgan fingerprint density at radius 3 is 2.44 bits per heavy atom. The lowest BCUT2D eigenvalue weighted by Gasteiger charge is -2.14. The lowest BCUT2D eigenvalue weighted by molar-refractivity contribution is -0.117. The van der Waals surface area contributed by atoms with Gasteiger partial charge < -0.3 is 4.74 Å². The van der Waals surface area contributed by atoms with Gasteiger partial charge in [0, 0.05) is 9.13 Å². The first kappa shape index (κ1) is 18.2. The largest absolute Gasteiger partial charge is 0.495 e. The maximum absolute atomic E-state index is 12.7. The van der Waals surface area contributed by atoms with Gasteiger partial charge in [0.05, 0.1) is 16.4 Å². The summed E-state index contributed by atoms with van der Waals surface area (Å²) in [6, 6.07) is 11.2. The summed E-state index contributed by atoms with van der Waals surface area (Å²) in [5, 5.41) is 1.26. The van der Waals surface area contributed by atoms with E-state index < -0.39 is 5.91 Å². The van der Waals surface area contributed by atoms with Gasteiger partial charge in [0.25, 0.3) is 11.8 Å². The molecule has 3 rings (SSSR count). The summed E-state index contributed by atoms with van der Waals surface area (Å²) >= 11 is 4.36. The molecule has 2 aromatic rings. The Morgan fingerprint density at radius 2 is 1.80 bits per heavy atom. The van der Waals surface area contributed by atoms with E-state index >= 15 is 0 Å². The number of hydrogen-bond donors (Lipinski definition) is 1. The first-order chi connectivity index (χ1) is 11.9. The molecular weight excluding hydrogens is 546 g/mol. The highest BCUT2D eigenvalue weighted by molar-refractivity contribution is 14.1. The predicted octanol–water partition coefficient (Wildman–Crippen LogP) is 3.67. The van der Waals surface area contributed by atoms with Crippen LogP contribution in [0.3, 0.4) is 0 Å². The molecule has 0 saturated carbocycles. The maximum Gasteiger partial charge on any atom is 0.282 e. The number of carbonyl (C=O) groups is 2. The van der Waals surface area contributed by atoms with Crippen molar-refractivity contribution in [2.24, 2.45) is 0 Å². The number of amides is 2. The quantitative estimate of drug-likeness (QED) is 0.355. The number of aryl methyl sites for hydroxylation is 1. The fourth-order valence-electron chi connectivity index (χ4n) is 2.49. The van der Waals surface area contributed by atoms with Crippen molar-refractivity contribution in [1.82, 2.24) is 5.43 Å². The minimum absolute atomic E-state index is 0.0803. The first-order valence-electron chi connectivity index (χ1n) is 7.37. The van der Waals surface area contributed by atoms with E-state index in [1.54, 1.807) is 25.3 Å². The van der Waals surface area contributed by atoms with Crippen molar-refractivity contribution in [3.05, 3.63) is 60.2 Å². The molecule has 0 radical (unpaired) electrons. The monoisotopic (exact) mass is 560 g/mol. The smallest absolute Gasteiger partial charge is 0.282 e. The number of carbonyl (C=O) groups excluding carboxylic acids is 2. The Morgan fingerprint density at radius 1 is 1.12 bits per heavy atom. The average molecular weight is 560 g/mol. The highest BCUT2D eigenvalue weighted by atomic mass is 127. The molecule has 1 saturated heterocycles. The van der Waals surface area contributed by atoms with Crippen LogP contribution in [0, 0.1) is 14.1 Å². The summed E-state index contributed by atoms with van der Waals surface area (Å²) in [4.78, 5) is 25.0. The van der Waals surface area contributed by atoms with E-state index in [1.165, 1.54) is 5.01 Å². The second-order valence-corrected chi connectivity index (χ2v) is 7.89. The van der Waals surface area contributed by atoms with E-state index in [9.17, 15) is 9.59 Å². The number of ether oxygens (including phenoxy) is 1. The van der Waals surface area contributed by atoms with Gasteiger partial charge in [-0.3, -0.25) is 15.0 Å². The SMILES string of the molecule is COc1c(I)cc(I)cc1C=C1C(=O)NN(c2ccc(C)cc2)C1=O. The van der Waals surface area contributed by atoms with Crippen molar-refractivity contribution in [2.45, 2.75) is 6.92 Å². The van der Waals surface area contributed by atoms with E-state index in [1.807, 2.05) is 31.2 Å². The summed E-state index contributed by atoms with van der Waals surface area (Å²) < 4.78 is 7.34. The number of nitrogens with zero attached hydrogens (tertiary/aromatic N) is 1. The predicted molar refractivity (Wildman–Crippen MR) is 113 cm³/mol. The van der Waals surface area contributed by atoms with Crippen molar-refractivity contribution in [2.75, 3.05) is 12.1 Å². The molecule has 7 heteroatoms. The minimum Gasteiger partial charge on any atom is -0.495 e. The van der Waals surface area contributed by atoms with Crippen LogP contribution in [0.5, 0.6) is 5.75 Å². The average Bonchev–Trinajstić information content (AvgIpc) is 2.83. The Kier molecular flexibility index (Phi) is 5.32. The molecule has 0 atom stereocenters. The lowest BCUT2D eigenvalue weighted by atomic mass is 10.1. The van der Waals surface area contributed by atoms with E-state index in [4.69, 9.17) is 4.74 Å². The topological polar surface area (TPSA) is 58.6 Å². The zero-order valence-corrected chi connectivity index (χ0v) is 17.8. The number of halogens is 2. The Hall–Kier alpha value is -1.62. The summed E-state index contributed by atoms with van der Waals surface area (Å²) in [6.07, 6.45) is 1.58. The van der Waals surface area contributed by atoms with Gasteiger partial charge in [-0.05, 0) is 82.4 Å². The molecule has 1 fully saturated rings. The van der Waals surface area contributed by atoms with Crippen LogP contribution in [0.2, 0.25) is 0 Å². The second kappa shape index (κ2) is 7.32. The molecule has 1 N–H and O–H groups in total. The van der Waals surface area contributed by atoms with Crippen molar-refractivity contribution < 1.29 is 14.3 Å². The van der Waals surface area contributed by atoms with Gasteiger partial charge in [-0.1, -0.05) is 17.7 Å². The van der Waals surface area contributed by atoms with Crippen LogP contribution in [0.15, 0.2) is 42.0 Å². The number of benzene rings is 2. The maximum atomic E-state index is 12.7. The van der Waals surface area contributed by atoms with Crippen LogP contribution in [0.1, 0.15) is 11.1 Å². The van der Waals surface area contributed by atoms with Crippen LogP contribution in [-0.2, 0) is 9.59 Å². The lowest BCUT2D eigenvalue weighted by Crippen LogP contribution is -2.35. The summed E-state index contributed by atoms with van der Waals surface area (Å²) in [6.45, 7) is 1.96. The molecular formula is C18H14I2N2O3. The van der Waals surface area contributed by atoms with E-state index in [0.29, 0.717) is 17.0 Å². The standard InChI is InChI=1S/C18H14I2N2O3/c1-10-3-5-13(6-4-10)22-18(24)14(17(23)21-22)8-11-7-12(19)9-15(20)16(11)25-2/h3-9H,1-2H3,(H,21,23). The molecule has 128 valence electrons. The van der Waals surface area contributed by atoms with Crippen LogP contribution < -0.4 is 15.2 Å². The highest BCUT2D eigenvalue weighted by Gasteiger charge is 2.34. The van der Waals surface area contributed by atoms with E-state index in [0.717, 1.165) is 12.7 Å². The van der Waals surface area contributed by atoms with Gasteiger partial charge in [-0.15, -0.1) is 0 Å². The third-order valence-electron chi connectivity index (χ3n) is 3.72. The van der Waals surface area contributed by atoms with Gasteiger partial charge in [-0.25, -0.2) is 5.01 Å². The van der Waals surface area contributed by atoms with Gasteiger partial charge in [0.2, 0.25) is 0 Å². The Labute approximate surface area is 172 Å². The molecule has 0 spiro atoms. The van der Waals surface area contributed by atoms with Gasteiger partial charge in [-0.2, -0.15) is 0 Å². The third-order valence-corrected chi connectivity index (χ3v) is 5.15. The zero-order chi connectivity index (χ0) is 18.1. The van der Waals surface area contributed by atoms with Gasteiger partial charge in [0.1, 0.15) is 11.3 Å². The van der Waals surface area contributed by atoms with Crippen molar-refractivity contribution in [3.8, 4) is 5.75 Å². The number of nitrogens with one attached hydrogen (secondary N) is 1. The first-order valence-corrected chi connectivity index (χ1v) is 9.53. The summed E-state index contributed by atoms with van der Waals surface area (Å²) in [5.74, 6) is -0.172. The molecule has 0 bridgehead atoms. The molecule has 0 aliphatic carbocycles. The second-order valence-electron chi connectivity index (χ2n) is 5.49. The summed E-state index contributed by atoms with van der Waals surface area (Å²) in [5.41, 5.74) is 5.09. The van der Waals surface area contributed by atoms with Crippen LogP contribution >= 0.6 is 45.2 Å². The van der Waals surface area contributed by atoms with Crippen LogP contribution in [-0.4, -0.2) is 18.9 Å². The third kappa shape index (κ3) is 3.66. The molecule has 1 heterocycles. The Balaban J connectivity index is 2.01. The number of hydrogen-bond acceptors (Lipinski definition) is 3. The van der Waals surface area contributed by atoms with Crippen molar-refractivity contribution >= 4 is 68.8 Å². The summed E-state index contributed by atoms with van der Waals surface area (Å²) in [7, 11) is 1.57. The molecule has 0 unspecified atom stereocenters. The van der Waals surface area contributed by atoms with Gasteiger partial charge in [0.15, 0.2) is 0 Å². The molecule has 0 aromatic heterocycles. The van der Waals surface area contributed by atoms with E-state index in [-0.39, 0.29) is 11.5 Å². The highest BCUT2D eigenvalue weighted by Crippen LogP contribution is 2.31. The number of rotatable bonds is 3. The zero-order valence-electron chi connectivity index (χ0n) is 13.5. The number of anilines is 1. The van der Waals surface area contributed by atoms with E-state index in [2.05, 4.69) is 50.6 Å². The molecule has 1 aliphatic rings. The molecule has 1 aliphatic heterocycles. The fraction of sp³-hybridized carbons (Fsp3) is 0.111. The van der Waals surface area contributed by atoms with Crippen molar-refractivity contribution in [1.29, 1.82) is 0 Å². The van der Waals surface area contributed by atoms with Gasteiger partial charge >= 0.3 is 0 Å². The fourth-order valence-corrected chi connectivity index (χ4v) is 4.60.